The number of aliphatic hydroxyl groups is 1. The Kier molecular flexibility index (Phi) is 16.6. The molecule has 0 saturated heterocycles. The first-order valence-electron chi connectivity index (χ1n) is 16.3. The Labute approximate surface area is 282 Å². The second kappa shape index (κ2) is 20.1. The van der Waals surface area contributed by atoms with Gasteiger partial charge in [-0.25, -0.2) is 4.79 Å². The number of benzene rings is 2. The number of aliphatic hydroxyl groups excluding tert-OH is 1. The SMILES string of the molecule is COC(=O)CCCOc1ccc2ccc(OCCCC(=O)N[C@H](C(=O)N[C@@H](CC(C)C)C(=O)N[C@H](C(=O)OC)C(C)C)[C@@H](C)O)cc2c1. The summed E-state index contributed by atoms with van der Waals surface area (Å²) in [6.45, 7) is 9.25. The summed E-state index contributed by atoms with van der Waals surface area (Å²) >= 11 is 0. The van der Waals surface area contributed by atoms with Gasteiger partial charge in [0, 0.05) is 12.8 Å². The zero-order valence-electron chi connectivity index (χ0n) is 29.0. The molecule has 266 valence electrons. The van der Waals surface area contributed by atoms with Crippen LogP contribution in [-0.2, 0) is 33.4 Å². The average Bonchev–Trinajstić information content (AvgIpc) is 3.04. The van der Waals surface area contributed by atoms with E-state index in [0.29, 0.717) is 30.9 Å². The average molecular weight is 674 g/mol. The van der Waals surface area contributed by atoms with Crippen LogP contribution in [0.25, 0.3) is 10.8 Å². The molecule has 2 aromatic rings. The van der Waals surface area contributed by atoms with E-state index >= 15 is 0 Å². The van der Waals surface area contributed by atoms with Crippen molar-refractivity contribution < 1.29 is 48.0 Å². The fraction of sp³-hybridized carbons (Fsp3) is 0.571. The Balaban J connectivity index is 1.92. The summed E-state index contributed by atoms with van der Waals surface area (Å²) < 4.78 is 21.0. The molecule has 0 heterocycles. The number of amides is 3. The molecule has 0 aliphatic carbocycles. The van der Waals surface area contributed by atoms with E-state index in [4.69, 9.17) is 14.2 Å². The van der Waals surface area contributed by atoms with Crippen LogP contribution in [0.5, 0.6) is 11.5 Å². The minimum absolute atomic E-state index is 0.0125. The molecule has 0 aromatic heterocycles. The van der Waals surface area contributed by atoms with Crippen LogP contribution in [0.1, 0.15) is 66.7 Å². The molecule has 3 amide bonds. The van der Waals surface area contributed by atoms with Gasteiger partial charge in [0.25, 0.3) is 0 Å². The van der Waals surface area contributed by atoms with Crippen molar-refractivity contribution in [3.63, 3.8) is 0 Å². The minimum Gasteiger partial charge on any atom is -0.494 e. The van der Waals surface area contributed by atoms with E-state index in [1.165, 1.54) is 21.1 Å². The third kappa shape index (κ3) is 13.4. The Hall–Kier alpha value is -4.39. The van der Waals surface area contributed by atoms with Crippen molar-refractivity contribution in [2.45, 2.75) is 91.0 Å². The Morgan fingerprint density at radius 2 is 1.29 bits per heavy atom. The van der Waals surface area contributed by atoms with Crippen molar-refractivity contribution in [2.75, 3.05) is 27.4 Å². The lowest BCUT2D eigenvalue weighted by atomic mass is 10.00. The normalized spacial score (nSPS) is 13.6. The van der Waals surface area contributed by atoms with Crippen molar-refractivity contribution in [1.29, 1.82) is 0 Å². The first-order chi connectivity index (χ1) is 22.7. The van der Waals surface area contributed by atoms with Crippen molar-refractivity contribution in [3.05, 3.63) is 36.4 Å². The number of carbonyl (C=O) groups is 5. The summed E-state index contributed by atoms with van der Waals surface area (Å²) in [6.07, 6.45) is 0.204. The molecule has 13 nitrogen and oxygen atoms in total. The number of carbonyl (C=O) groups excluding carboxylic acids is 5. The lowest BCUT2D eigenvalue weighted by Crippen LogP contribution is -2.59. The fourth-order valence-corrected chi connectivity index (χ4v) is 4.81. The molecule has 4 N–H and O–H groups in total. The molecule has 0 unspecified atom stereocenters. The van der Waals surface area contributed by atoms with Crippen LogP contribution < -0.4 is 25.4 Å². The van der Waals surface area contributed by atoms with Gasteiger partial charge in [-0.2, -0.15) is 0 Å². The lowest BCUT2D eigenvalue weighted by Gasteiger charge is -2.27. The molecular formula is C35H51N3O10. The van der Waals surface area contributed by atoms with E-state index in [-0.39, 0.29) is 43.7 Å². The Morgan fingerprint density at radius 3 is 1.79 bits per heavy atom. The maximum Gasteiger partial charge on any atom is 0.328 e. The second-order valence-corrected chi connectivity index (χ2v) is 12.4. The summed E-state index contributed by atoms with van der Waals surface area (Å²) in [5.74, 6) is -1.62. The minimum atomic E-state index is -1.31. The van der Waals surface area contributed by atoms with E-state index < -0.39 is 47.9 Å². The van der Waals surface area contributed by atoms with Crippen LogP contribution in [0.15, 0.2) is 36.4 Å². The molecule has 4 atom stereocenters. The number of ether oxygens (including phenoxy) is 4. The van der Waals surface area contributed by atoms with Gasteiger partial charge < -0.3 is 40.0 Å². The van der Waals surface area contributed by atoms with E-state index in [2.05, 4.69) is 20.7 Å². The van der Waals surface area contributed by atoms with Crippen LogP contribution in [-0.4, -0.2) is 86.4 Å². The molecule has 0 fully saturated rings. The molecule has 0 radical (unpaired) electrons. The van der Waals surface area contributed by atoms with Gasteiger partial charge in [-0.05, 0) is 73.1 Å². The predicted molar refractivity (Wildman–Crippen MR) is 179 cm³/mol. The molecule has 48 heavy (non-hydrogen) atoms. The molecule has 13 heteroatoms. The van der Waals surface area contributed by atoms with Gasteiger partial charge in [0.15, 0.2) is 0 Å². The van der Waals surface area contributed by atoms with Crippen molar-refractivity contribution in [3.8, 4) is 11.5 Å². The van der Waals surface area contributed by atoms with Crippen LogP contribution in [0.4, 0.5) is 0 Å². The molecule has 2 aromatic carbocycles. The largest absolute Gasteiger partial charge is 0.494 e. The number of methoxy groups -OCH3 is 2. The standard InChI is InChI=1S/C35H51N3O10/c1-21(2)18-28(33(42)38-31(22(3)4)35(44)46-7)36-34(43)32(23(5)39)37-29(40)10-8-16-47-26-14-12-24-13-15-27(20-25(24)19-26)48-17-9-11-30(41)45-6/h12-15,19-23,28,31-32,39H,8-11,16-18H2,1-7H3,(H,36,43)(H,37,40)(H,38,42)/t23-,28+,31+,32+/m1/s1. The first-order valence-corrected chi connectivity index (χ1v) is 16.3. The maximum atomic E-state index is 13.2. The highest BCUT2D eigenvalue weighted by atomic mass is 16.5. The van der Waals surface area contributed by atoms with E-state index in [9.17, 15) is 29.1 Å². The van der Waals surface area contributed by atoms with Crippen molar-refractivity contribution in [1.82, 2.24) is 16.0 Å². The number of nitrogens with one attached hydrogen (secondary N) is 3. The summed E-state index contributed by atoms with van der Waals surface area (Å²) in [7, 11) is 2.58. The Morgan fingerprint density at radius 1 is 0.708 bits per heavy atom. The van der Waals surface area contributed by atoms with Gasteiger partial charge in [0.05, 0.1) is 33.5 Å². The number of hydrogen-bond acceptors (Lipinski definition) is 10. The smallest absolute Gasteiger partial charge is 0.328 e. The van der Waals surface area contributed by atoms with Crippen LogP contribution >= 0.6 is 0 Å². The zero-order chi connectivity index (χ0) is 35.8. The molecule has 0 spiro atoms. The number of esters is 2. The summed E-state index contributed by atoms with van der Waals surface area (Å²) in [5.41, 5.74) is 0. The first kappa shape index (κ1) is 39.8. The molecular weight excluding hydrogens is 622 g/mol. The van der Waals surface area contributed by atoms with E-state index in [0.717, 1.165) is 10.8 Å². The van der Waals surface area contributed by atoms with Gasteiger partial charge >= 0.3 is 11.9 Å². The highest BCUT2D eigenvalue weighted by Crippen LogP contribution is 2.25. The van der Waals surface area contributed by atoms with E-state index in [1.807, 2.05) is 50.2 Å². The maximum absolute atomic E-state index is 13.2. The summed E-state index contributed by atoms with van der Waals surface area (Å²) in [4.78, 5) is 62.5. The second-order valence-electron chi connectivity index (χ2n) is 12.4. The topological polar surface area (TPSA) is 179 Å². The molecule has 2 rings (SSSR count). The number of rotatable bonds is 20. The number of fused-ring (bicyclic) bond motifs is 1. The van der Waals surface area contributed by atoms with Crippen LogP contribution in [0, 0.1) is 11.8 Å². The van der Waals surface area contributed by atoms with Crippen molar-refractivity contribution >= 4 is 40.4 Å². The summed E-state index contributed by atoms with van der Waals surface area (Å²) in [6, 6.07) is 8.05. The van der Waals surface area contributed by atoms with Crippen molar-refractivity contribution in [2.24, 2.45) is 11.8 Å². The summed E-state index contributed by atoms with van der Waals surface area (Å²) in [5, 5.41) is 20.0. The molecule has 0 saturated carbocycles. The lowest BCUT2D eigenvalue weighted by molar-refractivity contribution is -0.146. The fourth-order valence-electron chi connectivity index (χ4n) is 4.81. The highest BCUT2D eigenvalue weighted by Gasteiger charge is 2.33. The van der Waals surface area contributed by atoms with Gasteiger partial charge in [-0.1, -0.05) is 39.8 Å². The van der Waals surface area contributed by atoms with Crippen LogP contribution in [0.2, 0.25) is 0 Å². The monoisotopic (exact) mass is 673 g/mol. The van der Waals surface area contributed by atoms with Gasteiger partial charge in [0.1, 0.15) is 29.6 Å². The highest BCUT2D eigenvalue weighted by molar-refractivity contribution is 5.94. The van der Waals surface area contributed by atoms with Gasteiger partial charge in [-0.3, -0.25) is 19.2 Å². The molecule has 0 bridgehead atoms. The quantitative estimate of drug-likeness (QED) is 0.121. The molecule has 0 aliphatic rings. The predicted octanol–water partition coefficient (Wildman–Crippen LogP) is 3.04. The molecule has 0 aliphatic heterocycles. The van der Waals surface area contributed by atoms with Gasteiger partial charge in [-0.15, -0.1) is 0 Å². The van der Waals surface area contributed by atoms with Gasteiger partial charge in [0.2, 0.25) is 17.7 Å². The van der Waals surface area contributed by atoms with Crippen LogP contribution in [0.3, 0.4) is 0 Å². The Bertz CT molecular complexity index is 1380. The third-order valence-corrected chi connectivity index (χ3v) is 7.46. The third-order valence-electron chi connectivity index (χ3n) is 7.46. The number of hydrogen-bond donors (Lipinski definition) is 4. The zero-order valence-corrected chi connectivity index (χ0v) is 29.0. The van der Waals surface area contributed by atoms with E-state index in [1.54, 1.807) is 13.8 Å².